The van der Waals surface area contributed by atoms with E-state index in [0.29, 0.717) is 18.8 Å². The van der Waals surface area contributed by atoms with E-state index in [1.165, 1.54) is 19.2 Å². The molecule has 180 valence electrons. The molecule has 2 amide bonds. The molecule has 3 rings (SSSR count). The summed E-state index contributed by atoms with van der Waals surface area (Å²) in [5.41, 5.74) is 12.6. The fourth-order valence-electron chi connectivity index (χ4n) is 3.61. The number of halogens is 1. The topological polar surface area (TPSA) is 153 Å². The summed E-state index contributed by atoms with van der Waals surface area (Å²) in [6.07, 6.45) is 1.71. The van der Waals surface area contributed by atoms with Crippen LogP contribution in [-0.2, 0) is 16.1 Å². The number of nitrogens with two attached hydrogens (primary N) is 2. The number of ether oxygens (including phenoxy) is 2. The van der Waals surface area contributed by atoms with Crippen LogP contribution in [0, 0.1) is 11.2 Å². The highest BCUT2D eigenvalue weighted by atomic mass is 19.1. The number of hydrogen-bond donors (Lipinski definition) is 5. The van der Waals surface area contributed by atoms with Gasteiger partial charge in [0.25, 0.3) is 11.8 Å². The van der Waals surface area contributed by atoms with Crippen molar-refractivity contribution in [3.8, 4) is 5.75 Å². The standard InChI is InChI=1S/C24H28FN5O4/c1-33-19-9-8-16(25)11-18(19)24(32)29-12-14-4-6-15(7-5-14)21(26)20(23(28)31)22(27)30-17-3-2-10-34-13-17/h4-9,11,17,26,30H,2-3,10,12-13,27H2,1H3,(H2,28,31)(H,29,32)/b22-20+,26-21?. The number of primary amides is 1. The number of nitrogens with one attached hydrogen (secondary N) is 3. The first-order chi connectivity index (χ1) is 16.3. The quantitative estimate of drug-likeness (QED) is 0.278. The predicted molar refractivity (Wildman–Crippen MR) is 125 cm³/mol. The SMILES string of the molecule is COc1ccc(F)cc1C(=O)NCc1ccc(C(=N)/C(C(N)=O)=C(/N)NC2CCCOC2)cc1. The van der Waals surface area contributed by atoms with Crippen LogP contribution in [0.3, 0.4) is 0 Å². The average Bonchev–Trinajstić information content (AvgIpc) is 2.83. The van der Waals surface area contributed by atoms with Crippen LogP contribution in [-0.4, -0.2) is 43.9 Å². The van der Waals surface area contributed by atoms with E-state index in [1.54, 1.807) is 24.3 Å². The maximum Gasteiger partial charge on any atom is 0.255 e. The van der Waals surface area contributed by atoms with Gasteiger partial charge in [0.05, 0.1) is 31.0 Å². The van der Waals surface area contributed by atoms with Crippen molar-refractivity contribution in [3.63, 3.8) is 0 Å². The van der Waals surface area contributed by atoms with Crippen molar-refractivity contribution >= 4 is 17.5 Å². The molecule has 2 aromatic rings. The lowest BCUT2D eigenvalue weighted by Gasteiger charge is -2.25. The van der Waals surface area contributed by atoms with Gasteiger partial charge in [-0.1, -0.05) is 24.3 Å². The molecule has 1 heterocycles. The zero-order valence-corrected chi connectivity index (χ0v) is 18.8. The van der Waals surface area contributed by atoms with E-state index in [4.69, 9.17) is 26.4 Å². The van der Waals surface area contributed by atoms with E-state index in [2.05, 4.69) is 10.6 Å². The Balaban J connectivity index is 1.68. The number of amides is 2. The number of carbonyl (C=O) groups is 2. The minimum Gasteiger partial charge on any atom is -0.496 e. The van der Waals surface area contributed by atoms with Gasteiger partial charge in [-0.05, 0) is 36.6 Å². The molecule has 0 bridgehead atoms. The van der Waals surface area contributed by atoms with Crippen molar-refractivity contribution < 1.29 is 23.5 Å². The smallest absolute Gasteiger partial charge is 0.255 e. The Morgan fingerprint density at radius 3 is 2.56 bits per heavy atom. The summed E-state index contributed by atoms with van der Waals surface area (Å²) >= 11 is 0. The summed E-state index contributed by atoms with van der Waals surface area (Å²) in [4.78, 5) is 24.5. The molecule has 9 nitrogen and oxygen atoms in total. The van der Waals surface area contributed by atoms with Gasteiger partial charge in [0.2, 0.25) is 0 Å². The second-order valence-corrected chi connectivity index (χ2v) is 7.81. The van der Waals surface area contributed by atoms with E-state index in [-0.39, 0.29) is 41.0 Å². The Kier molecular flexibility index (Phi) is 8.20. The molecule has 0 saturated carbocycles. The summed E-state index contributed by atoms with van der Waals surface area (Å²) in [5.74, 6) is -1.55. The number of methoxy groups -OCH3 is 1. The van der Waals surface area contributed by atoms with Gasteiger partial charge in [-0.2, -0.15) is 0 Å². The minimum atomic E-state index is -0.813. The Bertz CT molecular complexity index is 1100. The molecule has 0 aromatic heterocycles. The monoisotopic (exact) mass is 469 g/mol. The molecule has 1 saturated heterocycles. The highest BCUT2D eigenvalue weighted by Gasteiger charge is 2.21. The Hall–Kier alpha value is -3.92. The first-order valence-corrected chi connectivity index (χ1v) is 10.7. The van der Waals surface area contributed by atoms with Crippen LogP contribution < -0.4 is 26.8 Å². The molecular formula is C24H28FN5O4. The molecule has 2 aromatic carbocycles. The maximum absolute atomic E-state index is 13.5. The van der Waals surface area contributed by atoms with Crippen LogP contribution in [0.5, 0.6) is 5.75 Å². The number of carbonyl (C=O) groups excluding carboxylic acids is 2. The van der Waals surface area contributed by atoms with Crippen LogP contribution >= 0.6 is 0 Å². The van der Waals surface area contributed by atoms with Gasteiger partial charge in [-0.15, -0.1) is 0 Å². The molecule has 1 atom stereocenters. The van der Waals surface area contributed by atoms with Crippen molar-refractivity contribution in [2.45, 2.75) is 25.4 Å². The van der Waals surface area contributed by atoms with Crippen LogP contribution in [0.4, 0.5) is 4.39 Å². The minimum absolute atomic E-state index is 0.0355. The number of benzene rings is 2. The third-order valence-electron chi connectivity index (χ3n) is 5.39. The number of hydrogen-bond acceptors (Lipinski definition) is 7. The van der Waals surface area contributed by atoms with Gasteiger partial charge in [-0.25, -0.2) is 4.39 Å². The predicted octanol–water partition coefficient (Wildman–Crippen LogP) is 1.56. The molecular weight excluding hydrogens is 441 g/mol. The Labute approximate surface area is 196 Å². The average molecular weight is 470 g/mol. The molecule has 0 radical (unpaired) electrons. The Morgan fingerprint density at radius 1 is 1.21 bits per heavy atom. The molecule has 7 N–H and O–H groups in total. The maximum atomic E-state index is 13.5. The van der Waals surface area contributed by atoms with Crippen molar-refractivity contribution in [2.75, 3.05) is 20.3 Å². The highest BCUT2D eigenvalue weighted by molar-refractivity contribution is 6.26. The third-order valence-corrected chi connectivity index (χ3v) is 5.39. The number of rotatable bonds is 9. The van der Waals surface area contributed by atoms with E-state index in [1.807, 2.05) is 0 Å². The summed E-state index contributed by atoms with van der Waals surface area (Å²) in [5, 5.41) is 14.2. The van der Waals surface area contributed by atoms with Gasteiger partial charge in [0, 0.05) is 18.7 Å². The van der Waals surface area contributed by atoms with Crippen molar-refractivity contribution in [1.29, 1.82) is 5.41 Å². The largest absolute Gasteiger partial charge is 0.496 e. The van der Waals surface area contributed by atoms with Crippen molar-refractivity contribution in [1.82, 2.24) is 10.6 Å². The van der Waals surface area contributed by atoms with E-state index < -0.39 is 17.6 Å². The van der Waals surface area contributed by atoms with Crippen molar-refractivity contribution in [2.24, 2.45) is 11.5 Å². The van der Waals surface area contributed by atoms with Gasteiger partial charge < -0.3 is 31.6 Å². The lowest BCUT2D eigenvalue weighted by Crippen LogP contribution is -2.41. The van der Waals surface area contributed by atoms with E-state index in [0.717, 1.165) is 24.5 Å². The summed E-state index contributed by atoms with van der Waals surface area (Å²) in [6.45, 7) is 1.31. The normalized spacial score (nSPS) is 16.2. The molecule has 1 fully saturated rings. The van der Waals surface area contributed by atoms with E-state index >= 15 is 0 Å². The fraction of sp³-hybridized carbons (Fsp3) is 0.292. The van der Waals surface area contributed by atoms with Crippen molar-refractivity contribution in [3.05, 3.63) is 76.4 Å². The van der Waals surface area contributed by atoms with Crippen LogP contribution in [0.1, 0.15) is 34.3 Å². The lowest BCUT2D eigenvalue weighted by atomic mass is 10.00. The van der Waals surface area contributed by atoms with Gasteiger partial charge in [0.15, 0.2) is 0 Å². The fourth-order valence-corrected chi connectivity index (χ4v) is 3.61. The first kappa shape index (κ1) is 24.7. The summed E-state index contributed by atoms with van der Waals surface area (Å²) in [7, 11) is 1.40. The molecule has 0 spiro atoms. The molecule has 1 unspecified atom stereocenters. The zero-order valence-electron chi connectivity index (χ0n) is 18.8. The van der Waals surface area contributed by atoms with Gasteiger partial charge >= 0.3 is 0 Å². The van der Waals surface area contributed by atoms with Gasteiger partial charge in [0.1, 0.15) is 23.0 Å². The highest BCUT2D eigenvalue weighted by Crippen LogP contribution is 2.19. The van der Waals surface area contributed by atoms with Crippen LogP contribution in [0.2, 0.25) is 0 Å². The van der Waals surface area contributed by atoms with Crippen LogP contribution in [0.25, 0.3) is 0 Å². The first-order valence-electron chi connectivity index (χ1n) is 10.7. The molecule has 1 aliphatic rings. The van der Waals surface area contributed by atoms with E-state index in [9.17, 15) is 14.0 Å². The molecule has 10 heteroatoms. The summed E-state index contributed by atoms with van der Waals surface area (Å²) in [6, 6.07) is 10.3. The lowest BCUT2D eigenvalue weighted by molar-refractivity contribution is -0.114. The molecule has 1 aliphatic heterocycles. The Morgan fingerprint density at radius 2 is 1.94 bits per heavy atom. The molecule has 0 aliphatic carbocycles. The zero-order chi connectivity index (χ0) is 24.7. The van der Waals surface area contributed by atoms with Gasteiger partial charge in [-0.3, -0.25) is 15.0 Å². The second kappa shape index (κ2) is 11.3. The summed E-state index contributed by atoms with van der Waals surface area (Å²) < 4.78 is 24.0. The molecule has 34 heavy (non-hydrogen) atoms. The third kappa shape index (κ3) is 6.10. The second-order valence-electron chi connectivity index (χ2n) is 7.81. The van der Waals surface area contributed by atoms with Crippen LogP contribution in [0.15, 0.2) is 53.9 Å².